The van der Waals surface area contributed by atoms with Gasteiger partial charge in [-0.3, -0.25) is 10.1 Å². The summed E-state index contributed by atoms with van der Waals surface area (Å²) < 4.78 is 0. The summed E-state index contributed by atoms with van der Waals surface area (Å²) in [6, 6.07) is 16.9. The van der Waals surface area contributed by atoms with E-state index >= 15 is 0 Å². The molecule has 0 bridgehead atoms. The van der Waals surface area contributed by atoms with Gasteiger partial charge in [-0.2, -0.15) is 0 Å². The summed E-state index contributed by atoms with van der Waals surface area (Å²) in [6.07, 6.45) is 0.788. The molecule has 6 nitrogen and oxygen atoms in total. The fourth-order valence-electron chi connectivity index (χ4n) is 3.10. The normalized spacial score (nSPS) is 11.7. The number of non-ortho nitro benzene ring substituents is 1. The Labute approximate surface area is 183 Å². The van der Waals surface area contributed by atoms with Crippen LogP contribution in [-0.4, -0.2) is 16.0 Å². The van der Waals surface area contributed by atoms with E-state index in [0.717, 1.165) is 23.6 Å². The van der Waals surface area contributed by atoms with Gasteiger partial charge in [0, 0.05) is 17.8 Å². The maximum Gasteiger partial charge on any atom is 0.338 e. The van der Waals surface area contributed by atoms with Crippen molar-refractivity contribution in [2.24, 2.45) is 0 Å². The number of carboxylic acid groups (broad SMARTS) is 1. The first-order valence-corrected chi connectivity index (χ1v) is 9.83. The minimum absolute atomic E-state index is 0.165. The molecule has 1 atom stereocenters. The van der Waals surface area contributed by atoms with E-state index in [-0.39, 0.29) is 22.9 Å². The van der Waals surface area contributed by atoms with E-state index < -0.39 is 10.9 Å². The lowest BCUT2D eigenvalue weighted by atomic mass is 9.94. The van der Waals surface area contributed by atoms with E-state index in [1.165, 1.54) is 12.1 Å². The molecule has 2 N–H and O–H groups in total. The highest BCUT2D eigenvalue weighted by Gasteiger charge is 2.16. The van der Waals surface area contributed by atoms with E-state index in [4.69, 9.17) is 23.2 Å². The number of halogens is 2. The van der Waals surface area contributed by atoms with Gasteiger partial charge in [0.05, 0.1) is 26.2 Å². The van der Waals surface area contributed by atoms with E-state index in [0.29, 0.717) is 15.7 Å². The molecule has 0 amide bonds. The predicted molar refractivity (Wildman–Crippen MR) is 118 cm³/mol. The van der Waals surface area contributed by atoms with Gasteiger partial charge in [0.2, 0.25) is 0 Å². The van der Waals surface area contributed by atoms with Gasteiger partial charge in [-0.05, 0) is 53.8 Å². The molecule has 0 aliphatic carbocycles. The standard InChI is InChI=1S/C22H18Cl2N2O4/c1-13(15-4-8-19(23)20(24)11-15)10-14-2-5-16(6-3-14)25-21-9-7-17(26(29)30)12-18(21)22(27)28/h2-9,11-13,25H,10H2,1H3,(H,27,28). The number of rotatable bonds is 7. The van der Waals surface area contributed by atoms with Crippen LogP contribution >= 0.6 is 23.2 Å². The maximum absolute atomic E-state index is 11.5. The summed E-state index contributed by atoms with van der Waals surface area (Å²) >= 11 is 12.1. The number of nitro benzene ring substituents is 1. The SMILES string of the molecule is CC(Cc1ccc(Nc2ccc([N+](=O)[O-])cc2C(=O)O)cc1)c1ccc(Cl)c(Cl)c1. The third-order valence-corrected chi connectivity index (χ3v) is 5.47. The molecule has 0 aliphatic heterocycles. The average molecular weight is 445 g/mol. The summed E-state index contributed by atoms with van der Waals surface area (Å²) in [5, 5.41) is 24.3. The highest BCUT2D eigenvalue weighted by molar-refractivity contribution is 6.42. The molecule has 0 spiro atoms. The van der Waals surface area contributed by atoms with E-state index in [9.17, 15) is 20.0 Å². The Bertz CT molecular complexity index is 1100. The van der Waals surface area contributed by atoms with Gasteiger partial charge in [0.1, 0.15) is 0 Å². The zero-order valence-corrected chi connectivity index (χ0v) is 17.4. The van der Waals surface area contributed by atoms with Crippen molar-refractivity contribution < 1.29 is 14.8 Å². The smallest absolute Gasteiger partial charge is 0.338 e. The van der Waals surface area contributed by atoms with Crippen LogP contribution in [0.15, 0.2) is 60.7 Å². The van der Waals surface area contributed by atoms with E-state index in [2.05, 4.69) is 12.2 Å². The first kappa shape index (κ1) is 21.6. The molecule has 1 unspecified atom stereocenters. The second-order valence-corrected chi connectivity index (χ2v) is 7.71. The van der Waals surface area contributed by atoms with Crippen molar-refractivity contribution in [2.75, 3.05) is 5.32 Å². The quantitative estimate of drug-likeness (QED) is 0.312. The fraction of sp³-hybridized carbons (Fsp3) is 0.136. The van der Waals surface area contributed by atoms with Gasteiger partial charge < -0.3 is 10.4 Å². The molecule has 0 saturated carbocycles. The Kier molecular flexibility index (Phi) is 6.59. The number of hydrogen-bond donors (Lipinski definition) is 2. The van der Waals surface area contributed by atoms with Crippen molar-refractivity contribution in [1.82, 2.24) is 0 Å². The summed E-state index contributed by atoms with van der Waals surface area (Å²) in [5.74, 6) is -1.01. The number of carboxylic acids is 1. The molecule has 0 aromatic heterocycles. The van der Waals surface area contributed by atoms with Crippen LogP contribution in [0.4, 0.5) is 17.1 Å². The van der Waals surface area contributed by atoms with Crippen LogP contribution in [0.5, 0.6) is 0 Å². The molecule has 0 saturated heterocycles. The van der Waals surface area contributed by atoms with Gasteiger partial charge in [0.15, 0.2) is 0 Å². The Morgan fingerprint density at radius 2 is 1.77 bits per heavy atom. The Hall–Kier alpha value is -3.09. The van der Waals surface area contributed by atoms with Crippen molar-refractivity contribution in [3.05, 3.63) is 97.5 Å². The monoisotopic (exact) mass is 444 g/mol. The number of carbonyl (C=O) groups is 1. The fourth-order valence-corrected chi connectivity index (χ4v) is 3.41. The molecule has 8 heteroatoms. The number of benzene rings is 3. The molecule has 0 heterocycles. The van der Waals surface area contributed by atoms with Crippen LogP contribution in [0.2, 0.25) is 10.0 Å². The minimum Gasteiger partial charge on any atom is -0.478 e. The highest BCUT2D eigenvalue weighted by atomic mass is 35.5. The topological polar surface area (TPSA) is 92.5 Å². The van der Waals surface area contributed by atoms with Crippen LogP contribution < -0.4 is 5.32 Å². The third kappa shape index (κ3) is 5.09. The molecule has 3 rings (SSSR count). The highest BCUT2D eigenvalue weighted by Crippen LogP contribution is 2.29. The molecule has 0 radical (unpaired) electrons. The first-order valence-electron chi connectivity index (χ1n) is 9.07. The third-order valence-electron chi connectivity index (χ3n) is 4.73. The van der Waals surface area contributed by atoms with E-state index in [1.54, 1.807) is 6.07 Å². The second kappa shape index (κ2) is 9.15. The van der Waals surface area contributed by atoms with Crippen LogP contribution in [0, 0.1) is 10.1 Å². The van der Waals surface area contributed by atoms with Gasteiger partial charge in [0.25, 0.3) is 5.69 Å². The number of anilines is 2. The Balaban J connectivity index is 1.74. The van der Waals surface area contributed by atoms with Crippen LogP contribution in [0.1, 0.15) is 34.3 Å². The number of aromatic carboxylic acids is 1. The van der Waals surface area contributed by atoms with Gasteiger partial charge in [-0.15, -0.1) is 0 Å². The molecular weight excluding hydrogens is 427 g/mol. The summed E-state index contributed by atoms with van der Waals surface area (Å²) in [5.41, 5.74) is 2.71. The Morgan fingerprint density at radius 3 is 2.37 bits per heavy atom. The molecule has 154 valence electrons. The average Bonchev–Trinajstić information content (AvgIpc) is 2.71. The van der Waals surface area contributed by atoms with Crippen molar-refractivity contribution in [1.29, 1.82) is 0 Å². The summed E-state index contributed by atoms with van der Waals surface area (Å²) in [7, 11) is 0. The van der Waals surface area contributed by atoms with Crippen molar-refractivity contribution in [3.63, 3.8) is 0 Å². The maximum atomic E-state index is 11.5. The van der Waals surface area contributed by atoms with E-state index in [1.807, 2.05) is 36.4 Å². The molecule has 0 fully saturated rings. The molecule has 30 heavy (non-hydrogen) atoms. The molecular formula is C22H18Cl2N2O4. The first-order chi connectivity index (χ1) is 14.2. The minimum atomic E-state index is -1.24. The second-order valence-electron chi connectivity index (χ2n) is 6.89. The van der Waals surface area contributed by atoms with Crippen molar-refractivity contribution in [2.45, 2.75) is 19.3 Å². The lowest BCUT2D eigenvalue weighted by molar-refractivity contribution is -0.384. The van der Waals surface area contributed by atoms with Crippen molar-refractivity contribution in [3.8, 4) is 0 Å². The van der Waals surface area contributed by atoms with Crippen LogP contribution in [-0.2, 0) is 6.42 Å². The van der Waals surface area contributed by atoms with Gasteiger partial charge in [-0.25, -0.2) is 4.79 Å². The zero-order chi connectivity index (χ0) is 21.8. The van der Waals surface area contributed by atoms with Gasteiger partial charge in [-0.1, -0.05) is 48.3 Å². The number of nitro groups is 1. The largest absolute Gasteiger partial charge is 0.478 e. The summed E-state index contributed by atoms with van der Waals surface area (Å²) in [6.45, 7) is 2.10. The van der Waals surface area contributed by atoms with Crippen LogP contribution in [0.3, 0.4) is 0 Å². The number of hydrogen-bond acceptors (Lipinski definition) is 4. The van der Waals surface area contributed by atoms with Crippen LogP contribution in [0.25, 0.3) is 0 Å². The van der Waals surface area contributed by atoms with Crippen molar-refractivity contribution >= 4 is 46.2 Å². The Morgan fingerprint density at radius 1 is 1.07 bits per heavy atom. The van der Waals surface area contributed by atoms with Gasteiger partial charge >= 0.3 is 5.97 Å². The molecule has 3 aromatic carbocycles. The molecule has 3 aromatic rings. The predicted octanol–water partition coefficient (Wildman–Crippen LogP) is 6.69. The number of nitrogens with zero attached hydrogens (tertiary/aromatic N) is 1. The number of nitrogens with one attached hydrogen (secondary N) is 1. The lowest BCUT2D eigenvalue weighted by Gasteiger charge is -2.14. The summed E-state index contributed by atoms with van der Waals surface area (Å²) in [4.78, 5) is 21.7. The molecule has 0 aliphatic rings. The lowest BCUT2D eigenvalue weighted by Crippen LogP contribution is -2.04. The zero-order valence-electron chi connectivity index (χ0n) is 15.9.